The maximum atomic E-state index is 6.26. The van der Waals surface area contributed by atoms with E-state index in [1.807, 2.05) is 0 Å². The summed E-state index contributed by atoms with van der Waals surface area (Å²) in [4.78, 5) is 2.21. The van der Waals surface area contributed by atoms with E-state index in [-0.39, 0.29) is 0 Å². The summed E-state index contributed by atoms with van der Waals surface area (Å²) >= 11 is 3.25. The van der Waals surface area contributed by atoms with Gasteiger partial charge >= 0.3 is 0 Å². The van der Waals surface area contributed by atoms with Gasteiger partial charge in [0.1, 0.15) is 6.61 Å². The van der Waals surface area contributed by atoms with Crippen molar-refractivity contribution in [1.29, 1.82) is 0 Å². The van der Waals surface area contributed by atoms with Crippen LogP contribution in [0, 0.1) is 0 Å². The number of aryl methyl sites for hydroxylation is 1. The molecule has 0 atom stereocenters. The quantitative estimate of drug-likeness (QED) is 0.802. The summed E-state index contributed by atoms with van der Waals surface area (Å²) in [6.07, 6.45) is 4.73. The molecule has 0 bridgehead atoms. The van der Waals surface area contributed by atoms with E-state index in [4.69, 9.17) is 10.5 Å². The molecule has 8 heteroatoms. The molecule has 1 aliphatic rings. The molecule has 0 saturated heterocycles. The fourth-order valence-electron chi connectivity index (χ4n) is 2.80. The third-order valence-corrected chi connectivity index (χ3v) is 5.78. The second-order valence-electron chi connectivity index (χ2n) is 5.10. The molecule has 2 N–H and O–H groups in total. The molecule has 0 spiro atoms. The number of nitrogens with zero attached hydrogens (tertiary/aromatic N) is 4. The standard InChI is InChI=1S/C13H15N5OS2/c1-19-6-9-15-16-13-18(9)17-12(21-13)10-7-4-2-3-5-8(7)20-11(10)14/h2-6,14H2,1H3. The number of fused-ring (bicyclic) bond motifs is 2. The first-order valence-electron chi connectivity index (χ1n) is 6.88. The SMILES string of the molecule is COCc1nnc2sc(-c3c(N)sc4c3CCCC4)nn12. The number of rotatable bonds is 3. The van der Waals surface area contributed by atoms with Crippen molar-refractivity contribution in [2.75, 3.05) is 12.8 Å². The molecular weight excluding hydrogens is 306 g/mol. The number of thiophene rings is 1. The van der Waals surface area contributed by atoms with E-state index < -0.39 is 0 Å². The van der Waals surface area contributed by atoms with Crippen molar-refractivity contribution in [1.82, 2.24) is 19.8 Å². The maximum absolute atomic E-state index is 6.26. The molecular formula is C13H15N5OS2. The van der Waals surface area contributed by atoms with Gasteiger partial charge in [0, 0.05) is 12.0 Å². The Hall–Kier alpha value is -1.51. The highest BCUT2D eigenvalue weighted by Crippen LogP contribution is 2.43. The molecule has 0 aromatic carbocycles. The van der Waals surface area contributed by atoms with E-state index in [0.717, 1.165) is 39.2 Å². The molecule has 0 radical (unpaired) electrons. The zero-order valence-corrected chi connectivity index (χ0v) is 13.3. The van der Waals surface area contributed by atoms with Gasteiger partial charge in [-0.3, -0.25) is 0 Å². The van der Waals surface area contributed by atoms with Crippen molar-refractivity contribution in [2.45, 2.75) is 32.3 Å². The van der Waals surface area contributed by atoms with Crippen LogP contribution in [0.1, 0.15) is 29.1 Å². The lowest BCUT2D eigenvalue weighted by atomic mass is 9.96. The summed E-state index contributed by atoms with van der Waals surface area (Å²) in [5, 5.41) is 14.7. The van der Waals surface area contributed by atoms with E-state index in [1.54, 1.807) is 23.0 Å². The number of anilines is 1. The minimum absolute atomic E-state index is 0.404. The molecule has 0 unspecified atom stereocenters. The summed E-state index contributed by atoms with van der Waals surface area (Å²) in [7, 11) is 1.64. The summed E-state index contributed by atoms with van der Waals surface area (Å²) in [6.45, 7) is 0.404. The van der Waals surface area contributed by atoms with Gasteiger partial charge in [-0.1, -0.05) is 11.3 Å². The Labute approximate surface area is 129 Å². The highest BCUT2D eigenvalue weighted by atomic mass is 32.1. The van der Waals surface area contributed by atoms with E-state index in [1.165, 1.54) is 34.6 Å². The Morgan fingerprint density at radius 3 is 2.95 bits per heavy atom. The zero-order chi connectivity index (χ0) is 14.4. The fraction of sp³-hybridized carbons (Fsp3) is 0.462. The number of methoxy groups -OCH3 is 1. The number of ether oxygens (including phenoxy) is 1. The molecule has 6 nitrogen and oxygen atoms in total. The largest absolute Gasteiger partial charge is 0.390 e. The maximum Gasteiger partial charge on any atom is 0.235 e. The van der Waals surface area contributed by atoms with Crippen molar-refractivity contribution in [3.05, 3.63) is 16.3 Å². The fourth-order valence-corrected chi connectivity index (χ4v) is 4.97. The van der Waals surface area contributed by atoms with Crippen molar-refractivity contribution < 1.29 is 4.74 Å². The molecule has 1 aliphatic carbocycles. The lowest BCUT2D eigenvalue weighted by Gasteiger charge is -2.11. The predicted octanol–water partition coefficient (Wildman–Crippen LogP) is 2.52. The van der Waals surface area contributed by atoms with Crippen LogP contribution in [0.25, 0.3) is 15.5 Å². The second kappa shape index (κ2) is 5.04. The van der Waals surface area contributed by atoms with Gasteiger partial charge in [0.2, 0.25) is 4.96 Å². The smallest absolute Gasteiger partial charge is 0.235 e. The summed E-state index contributed by atoms with van der Waals surface area (Å²) in [5.41, 5.74) is 8.77. The van der Waals surface area contributed by atoms with Crippen LogP contribution < -0.4 is 5.73 Å². The molecule has 3 aromatic rings. The zero-order valence-electron chi connectivity index (χ0n) is 11.6. The highest BCUT2D eigenvalue weighted by molar-refractivity contribution is 7.21. The van der Waals surface area contributed by atoms with Crippen LogP contribution in [0.3, 0.4) is 0 Å². The first-order valence-corrected chi connectivity index (χ1v) is 8.51. The van der Waals surface area contributed by atoms with Gasteiger partial charge in [-0.15, -0.1) is 21.5 Å². The van der Waals surface area contributed by atoms with Gasteiger partial charge in [0.15, 0.2) is 10.8 Å². The van der Waals surface area contributed by atoms with E-state index in [2.05, 4.69) is 15.3 Å². The van der Waals surface area contributed by atoms with Crippen molar-refractivity contribution in [2.24, 2.45) is 0 Å². The average molecular weight is 321 g/mol. The van der Waals surface area contributed by atoms with Crippen LogP contribution >= 0.6 is 22.7 Å². The molecule has 0 aliphatic heterocycles. The van der Waals surface area contributed by atoms with E-state index in [0.29, 0.717) is 6.61 Å². The van der Waals surface area contributed by atoms with Crippen molar-refractivity contribution in [3.8, 4) is 10.6 Å². The van der Waals surface area contributed by atoms with Crippen molar-refractivity contribution in [3.63, 3.8) is 0 Å². The molecule has 0 amide bonds. The Kier molecular flexibility index (Phi) is 3.16. The third-order valence-electron chi connectivity index (χ3n) is 3.74. The number of nitrogens with two attached hydrogens (primary N) is 1. The number of hydrogen-bond donors (Lipinski definition) is 1. The van der Waals surface area contributed by atoms with Crippen LogP contribution in [0.15, 0.2) is 0 Å². The Morgan fingerprint density at radius 1 is 1.24 bits per heavy atom. The number of nitrogen functional groups attached to an aromatic ring is 1. The number of hydrogen-bond acceptors (Lipinski definition) is 7. The van der Waals surface area contributed by atoms with Crippen LogP contribution in [0.2, 0.25) is 0 Å². The molecule has 110 valence electrons. The van der Waals surface area contributed by atoms with Gasteiger partial charge in [0.05, 0.1) is 10.6 Å². The molecule has 21 heavy (non-hydrogen) atoms. The van der Waals surface area contributed by atoms with E-state index >= 15 is 0 Å². The van der Waals surface area contributed by atoms with Crippen LogP contribution in [0.4, 0.5) is 5.00 Å². The molecule has 0 saturated carbocycles. The number of aromatic nitrogens is 4. The normalized spacial score (nSPS) is 14.7. The molecule has 3 heterocycles. The summed E-state index contributed by atoms with van der Waals surface area (Å²) in [6, 6.07) is 0. The Bertz CT molecular complexity index is 803. The lowest BCUT2D eigenvalue weighted by molar-refractivity contribution is 0.176. The molecule has 4 rings (SSSR count). The average Bonchev–Trinajstić information content (AvgIpc) is 3.11. The van der Waals surface area contributed by atoms with Gasteiger partial charge in [-0.05, 0) is 31.2 Å². The topological polar surface area (TPSA) is 78.3 Å². The highest BCUT2D eigenvalue weighted by Gasteiger charge is 2.24. The predicted molar refractivity (Wildman–Crippen MR) is 83.7 cm³/mol. The first-order chi connectivity index (χ1) is 10.3. The van der Waals surface area contributed by atoms with Gasteiger partial charge in [0.25, 0.3) is 0 Å². The summed E-state index contributed by atoms with van der Waals surface area (Å²) in [5.74, 6) is 0.720. The van der Waals surface area contributed by atoms with Gasteiger partial charge in [-0.25, -0.2) is 0 Å². The van der Waals surface area contributed by atoms with E-state index in [9.17, 15) is 0 Å². The monoisotopic (exact) mass is 321 g/mol. The van der Waals surface area contributed by atoms with Crippen molar-refractivity contribution >= 4 is 32.6 Å². The Balaban J connectivity index is 1.85. The lowest BCUT2D eigenvalue weighted by Crippen LogP contribution is -2.01. The Morgan fingerprint density at radius 2 is 2.10 bits per heavy atom. The van der Waals surface area contributed by atoms with Gasteiger partial charge < -0.3 is 10.5 Å². The van der Waals surface area contributed by atoms with Crippen LogP contribution in [0.5, 0.6) is 0 Å². The van der Waals surface area contributed by atoms with Crippen LogP contribution in [-0.2, 0) is 24.2 Å². The summed E-state index contributed by atoms with van der Waals surface area (Å²) < 4.78 is 6.89. The second-order valence-corrected chi connectivity index (χ2v) is 7.19. The minimum Gasteiger partial charge on any atom is -0.390 e. The van der Waals surface area contributed by atoms with Gasteiger partial charge in [-0.2, -0.15) is 9.61 Å². The molecule has 3 aromatic heterocycles. The first kappa shape index (κ1) is 13.2. The van der Waals surface area contributed by atoms with Crippen LogP contribution in [-0.4, -0.2) is 26.9 Å². The molecule has 0 fully saturated rings. The third kappa shape index (κ3) is 2.05. The minimum atomic E-state index is 0.404.